The van der Waals surface area contributed by atoms with E-state index in [0.717, 1.165) is 30.9 Å². The van der Waals surface area contributed by atoms with Crippen LogP contribution in [-0.4, -0.2) is 22.6 Å². The van der Waals surface area contributed by atoms with Crippen LogP contribution in [0, 0.1) is 11.7 Å². The van der Waals surface area contributed by atoms with Gasteiger partial charge in [-0.2, -0.15) is 0 Å². The second kappa shape index (κ2) is 4.35. The van der Waals surface area contributed by atoms with Gasteiger partial charge in [0.25, 0.3) is 0 Å². The van der Waals surface area contributed by atoms with E-state index < -0.39 is 0 Å². The van der Waals surface area contributed by atoms with Gasteiger partial charge in [-0.1, -0.05) is 6.07 Å². The molecule has 2 aromatic rings. The summed E-state index contributed by atoms with van der Waals surface area (Å²) in [6, 6.07) is 5.50. The van der Waals surface area contributed by atoms with Crippen LogP contribution < -0.4 is 5.32 Å². The number of nitrogens with zero attached hydrogens (tertiary/aromatic N) is 2. The molecule has 0 spiro atoms. The summed E-state index contributed by atoms with van der Waals surface area (Å²) < 4.78 is 16.0. The van der Waals surface area contributed by atoms with Crippen molar-refractivity contribution in [2.75, 3.05) is 13.1 Å². The van der Waals surface area contributed by atoms with Crippen molar-refractivity contribution in [1.82, 2.24) is 14.9 Å². The molecule has 18 heavy (non-hydrogen) atoms. The molecule has 1 N–H and O–H groups in total. The first-order valence-corrected chi connectivity index (χ1v) is 6.53. The molecule has 0 aliphatic carbocycles. The standard InChI is InChI=1S/C14H18FN3/c1-9(2)18-12-5-3-4-11(15)14(12)17-13(18)6-10-7-16-8-10/h3-5,9-10,16H,6-8H2,1-2H3. The largest absolute Gasteiger partial charge is 0.325 e. The van der Waals surface area contributed by atoms with Crippen LogP contribution in [0.2, 0.25) is 0 Å². The smallest absolute Gasteiger partial charge is 0.151 e. The van der Waals surface area contributed by atoms with E-state index in [4.69, 9.17) is 0 Å². The van der Waals surface area contributed by atoms with Crippen molar-refractivity contribution in [3.63, 3.8) is 0 Å². The summed E-state index contributed by atoms with van der Waals surface area (Å²) in [5, 5.41) is 3.26. The number of rotatable bonds is 3. The predicted molar refractivity (Wildman–Crippen MR) is 70.1 cm³/mol. The fourth-order valence-electron chi connectivity index (χ4n) is 2.60. The third-order valence-corrected chi connectivity index (χ3v) is 3.60. The highest BCUT2D eigenvalue weighted by molar-refractivity contribution is 5.76. The number of imidazole rings is 1. The third-order valence-electron chi connectivity index (χ3n) is 3.60. The molecule has 3 nitrogen and oxygen atoms in total. The highest BCUT2D eigenvalue weighted by atomic mass is 19.1. The van der Waals surface area contributed by atoms with Gasteiger partial charge in [-0.25, -0.2) is 9.37 Å². The average molecular weight is 247 g/mol. The number of fused-ring (bicyclic) bond motifs is 1. The Balaban J connectivity index is 2.10. The lowest BCUT2D eigenvalue weighted by molar-refractivity contribution is 0.335. The average Bonchev–Trinajstić information content (AvgIpc) is 2.63. The molecule has 1 aliphatic rings. The molecule has 1 fully saturated rings. The van der Waals surface area contributed by atoms with Gasteiger partial charge in [0.2, 0.25) is 0 Å². The SMILES string of the molecule is CC(C)n1c(CC2CNC2)nc2c(F)cccc21. The predicted octanol–water partition coefficient (Wildman–Crippen LogP) is 2.52. The zero-order valence-corrected chi connectivity index (χ0v) is 10.8. The van der Waals surface area contributed by atoms with Gasteiger partial charge >= 0.3 is 0 Å². The Morgan fingerprint density at radius 1 is 1.44 bits per heavy atom. The molecule has 0 bridgehead atoms. The van der Waals surface area contributed by atoms with E-state index in [-0.39, 0.29) is 5.82 Å². The summed E-state index contributed by atoms with van der Waals surface area (Å²) in [4.78, 5) is 4.52. The van der Waals surface area contributed by atoms with Crippen LogP contribution in [0.15, 0.2) is 18.2 Å². The van der Waals surface area contributed by atoms with Gasteiger partial charge in [0.1, 0.15) is 11.3 Å². The Kier molecular flexibility index (Phi) is 2.82. The van der Waals surface area contributed by atoms with Crippen LogP contribution in [0.5, 0.6) is 0 Å². The van der Waals surface area contributed by atoms with Gasteiger partial charge in [-0.05, 0) is 45.0 Å². The number of hydrogen-bond acceptors (Lipinski definition) is 2. The number of benzene rings is 1. The van der Waals surface area contributed by atoms with E-state index in [2.05, 4.69) is 28.7 Å². The van der Waals surface area contributed by atoms with E-state index in [9.17, 15) is 4.39 Å². The molecule has 0 saturated carbocycles. The van der Waals surface area contributed by atoms with Crippen molar-refractivity contribution < 1.29 is 4.39 Å². The van der Waals surface area contributed by atoms with Crippen LogP contribution in [0.4, 0.5) is 4.39 Å². The van der Waals surface area contributed by atoms with Crippen molar-refractivity contribution in [3.8, 4) is 0 Å². The molecular formula is C14H18FN3. The molecule has 0 radical (unpaired) electrons. The zero-order valence-electron chi connectivity index (χ0n) is 10.8. The minimum Gasteiger partial charge on any atom is -0.325 e. The van der Waals surface area contributed by atoms with Gasteiger partial charge in [0.15, 0.2) is 5.82 Å². The fraction of sp³-hybridized carbons (Fsp3) is 0.500. The van der Waals surface area contributed by atoms with Crippen molar-refractivity contribution in [2.45, 2.75) is 26.3 Å². The summed E-state index contributed by atoms with van der Waals surface area (Å²) in [6.45, 7) is 6.33. The fourth-order valence-corrected chi connectivity index (χ4v) is 2.60. The number of aromatic nitrogens is 2. The molecule has 2 heterocycles. The topological polar surface area (TPSA) is 29.9 Å². The molecule has 1 aliphatic heterocycles. The third kappa shape index (κ3) is 1.81. The molecule has 1 saturated heterocycles. The summed E-state index contributed by atoms with van der Waals surface area (Å²) >= 11 is 0. The Morgan fingerprint density at radius 3 is 2.83 bits per heavy atom. The molecule has 3 rings (SSSR count). The molecular weight excluding hydrogens is 229 g/mol. The number of hydrogen-bond donors (Lipinski definition) is 1. The van der Waals surface area contributed by atoms with Crippen molar-refractivity contribution in [2.24, 2.45) is 5.92 Å². The van der Waals surface area contributed by atoms with Crippen molar-refractivity contribution >= 4 is 11.0 Å². The van der Waals surface area contributed by atoms with E-state index in [1.165, 1.54) is 6.07 Å². The minimum absolute atomic E-state index is 0.222. The van der Waals surface area contributed by atoms with Gasteiger partial charge in [0, 0.05) is 12.5 Å². The molecule has 1 aromatic heterocycles. The number of para-hydroxylation sites is 1. The van der Waals surface area contributed by atoms with Gasteiger partial charge in [-0.15, -0.1) is 0 Å². The second-order valence-electron chi connectivity index (χ2n) is 5.33. The van der Waals surface area contributed by atoms with Crippen LogP contribution in [0.1, 0.15) is 25.7 Å². The van der Waals surface area contributed by atoms with Crippen molar-refractivity contribution in [1.29, 1.82) is 0 Å². The Labute approximate surface area is 106 Å². The van der Waals surface area contributed by atoms with E-state index in [1.54, 1.807) is 6.07 Å². The Bertz CT molecular complexity index is 570. The Morgan fingerprint density at radius 2 is 2.22 bits per heavy atom. The van der Waals surface area contributed by atoms with Gasteiger partial charge in [0.05, 0.1) is 5.52 Å². The maximum Gasteiger partial charge on any atom is 0.151 e. The van der Waals surface area contributed by atoms with Gasteiger partial charge < -0.3 is 9.88 Å². The first-order chi connectivity index (χ1) is 8.66. The van der Waals surface area contributed by atoms with E-state index >= 15 is 0 Å². The van der Waals surface area contributed by atoms with Crippen molar-refractivity contribution in [3.05, 3.63) is 29.8 Å². The summed E-state index contributed by atoms with van der Waals surface area (Å²) in [5.74, 6) is 1.43. The highest BCUT2D eigenvalue weighted by Crippen LogP contribution is 2.25. The molecule has 0 amide bonds. The normalized spacial score (nSPS) is 16.4. The first kappa shape index (κ1) is 11.7. The van der Waals surface area contributed by atoms with Crippen LogP contribution in [0.3, 0.4) is 0 Å². The first-order valence-electron chi connectivity index (χ1n) is 6.53. The number of nitrogens with one attached hydrogen (secondary N) is 1. The van der Waals surface area contributed by atoms with E-state index in [1.807, 2.05) is 6.07 Å². The van der Waals surface area contributed by atoms with Crippen LogP contribution in [0.25, 0.3) is 11.0 Å². The van der Waals surface area contributed by atoms with Crippen LogP contribution in [-0.2, 0) is 6.42 Å². The highest BCUT2D eigenvalue weighted by Gasteiger charge is 2.22. The lowest BCUT2D eigenvalue weighted by Crippen LogP contribution is -2.43. The number of halogens is 1. The maximum absolute atomic E-state index is 13.8. The lowest BCUT2D eigenvalue weighted by atomic mass is 9.99. The zero-order chi connectivity index (χ0) is 12.7. The molecule has 1 aromatic carbocycles. The minimum atomic E-state index is -0.222. The molecule has 0 unspecified atom stereocenters. The lowest BCUT2D eigenvalue weighted by Gasteiger charge is -2.27. The summed E-state index contributed by atoms with van der Waals surface area (Å²) in [5.41, 5.74) is 1.42. The van der Waals surface area contributed by atoms with Crippen LogP contribution >= 0.6 is 0 Å². The summed E-state index contributed by atoms with van der Waals surface area (Å²) in [6.07, 6.45) is 0.930. The quantitative estimate of drug-likeness (QED) is 0.903. The summed E-state index contributed by atoms with van der Waals surface area (Å²) in [7, 11) is 0. The molecule has 0 atom stereocenters. The van der Waals surface area contributed by atoms with E-state index in [0.29, 0.717) is 17.5 Å². The Hall–Kier alpha value is -1.42. The maximum atomic E-state index is 13.8. The molecule has 96 valence electrons. The van der Waals surface area contributed by atoms with Gasteiger partial charge in [-0.3, -0.25) is 0 Å². The monoisotopic (exact) mass is 247 g/mol. The second-order valence-corrected chi connectivity index (χ2v) is 5.33. The molecule has 4 heteroatoms.